The molecular weight excluding hydrogens is 256 g/mol. The van der Waals surface area contributed by atoms with Crippen LogP contribution >= 0.6 is 0 Å². The summed E-state index contributed by atoms with van der Waals surface area (Å²) in [6.07, 6.45) is 1.10. The van der Waals surface area contributed by atoms with E-state index in [2.05, 4.69) is 79.9 Å². The Labute approximate surface area is 128 Å². The number of benzene rings is 2. The first-order valence-corrected chi connectivity index (χ1v) is 7.80. The van der Waals surface area contributed by atoms with E-state index >= 15 is 0 Å². The maximum atomic E-state index is 3.63. The molecule has 0 saturated heterocycles. The Morgan fingerprint density at radius 3 is 2.43 bits per heavy atom. The minimum absolute atomic E-state index is 0.437. The lowest BCUT2D eigenvalue weighted by Gasteiger charge is -2.18. The molecule has 0 heterocycles. The zero-order valence-corrected chi connectivity index (χ0v) is 13.3. The molecule has 2 rings (SSSR count). The van der Waals surface area contributed by atoms with Crippen LogP contribution in [0, 0.1) is 13.8 Å². The minimum atomic E-state index is 0.437. The van der Waals surface area contributed by atoms with Gasteiger partial charge in [-0.3, -0.25) is 0 Å². The SMILES string of the molecule is CCC(NCCNc1cc(C)ccc1C)c1ccccc1. The number of anilines is 1. The average molecular weight is 282 g/mol. The van der Waals surface area contributed by atoms with Crippen molar-refractivity contribution in [1.82, 2.24) is 5.32 Å². The van der Waals surface area contributed by atoms with Gasteiger partial charge in [-0.15, -0.1) is 0 Å². The molecule has 1 unspecified atom stereocenters. The van der Waals surface area contributed by atoms with E-state index in [1.807, 2.05) is 0 Å². The summed E-state index contributed by atoms with van der Waals surface area (Å²) in [7, 11) is 0. The van der Waals surface area contributed by atoms with Crippen molar-refractivity contribution in [3.63, 3.8) is 0 Å². The molecule has 21 heavy (non-hydrogen) atoms. The van der Waals surface area contributed by atoms with Crippen LogP contribution in [0.1, 0.15) is 36.1 Å². The lowest BCUT2D eigenvalue weighted by molar-refractivity contribution is 0.531. The Morgan fingerprint density at radius 2 is 1.71 bits per heavy atom. The van der Waals surface area contributed by atoms with Gasteiger partial charge in [-0.2, -0.15) is 0 Å². The standard InChI is InChI=1S/C19H26N2/c1-4-18(17-8-6-5-7-9-17)20-12-13-21-19-14-15(2)10-11-16(19)3/h5-11,14,18,20-21H,4,12-13H2,1-3H3. The second-order valence-electron chi connectivity index (χ2n) is 5.57. The lowest BCUT2D eigenvalue weighted by atomic mass is 10.0. The van der Waals surface area contributed by atoms with Crippen molar-refractivity contribution >= 4 is 5.69 Å². The monoisotopic (exact) mass is 282 g/mol. The first-order valence-electron chi connectivity index (χ1n) is 7.80. The molecule has 0 aromatic heterocycles. The Hall–Kier alpha value is -1.80. The van der Waals surface area contributed by atoms with Crippen LogP contribution in [0.15, 0.2) is 48.5 Å². The maximum absolute atomic E-state index is 3.63. The van der Waals surface area contributed by atoms with E-state index in [4.69, 9.17) is 0 Å². The van der Waals surface area contributed by atoms with Gasteiger partial charge in [0.15, 0.2) is 0 Å². The van der Waals surface area contributed by atoms with Gasteiger partial charge in [-0.1, -0.05) is 49.4 Å². The lowest BCUT2D eigenvalue weighted by Crippen LogP contribution is -2.26. The first kappa shape index (κ1) is 15.6. The molecule has 0 radical (unpaired) electrons. The zero-order chi connectivity index (χ0) is 15.1. The van der Waals surface area contributed by atoms with Gasteiger partial charge in [-0.25, -0.2) is 0 Å². The molecule has 0 aliphatic carbocycles. The van der Waals surface area contributed by atoms with Gasteiger partial charge in [0.1, 0.15) is 0 Å². The van der Waals surface area contributed by atoms with E-state index < -0.39 is 0 Å². The van der Waals surface area contributed by atoms with E-state index in [-0.39, 0.29) is 0 Å². The van der Waals surface area contributed by atoms with Crippen molar-refractivity contribution in [2.24, 2.45) is 0 Å². The molecule has 0 saturated carbocycles. The van der Waals surface area contributed by atoms with Crippen LogP contribution in [0.4, 0.5) is 5.69 Å². The highest BCUT2D eigenvalue weighted by Gasteiger charge is 2.07. The van der Waals surface area contributed by atoms with Crippen LogP contribution in [0.25, 0.3) is 0 Å². The number of rotatable bonds is 7. The third kappa shape index (κ3) is 4.61. The van der Waals surface area contributed by atoms with E-state index in [1.54, 1.807) is 0 Å². The van der Waals surface area contributed by atoms with Gasteiger partial charge in [0.25, 0.3) is 0 Å². The molecular formula is C19H26N2. The molecule has 2 aromatic carbocycles. The molecule has 2 heteroatoms. The summed E-state index contributed by atoms with van der Waals surface area (Å²) < 4.78 is 0. The van der Waals surface area contributed by atoms with Crippen LogP contribution in [-0.2, 0) is 0 Å². The summed E-state index contributed by atoms with van der Waals surface area (Å²) in [6.45, 7) is 8.40. The van der Waals surface area contributed by atoms with Gasteiger partial charge in [0.05, 0.1) is 0 Å². The minimum Gasteiger partial charge on any atom is -0.384 e. The van der Waals surface area contributed by atoms with Crippen LogP contribution in [-0.4, -0.2) is 13.1 Å². The predicted molar refractivity (Wildman–Crippen MR) is 91.9 cm³/mol. The van der Waals surface area contributed by atoms with E-state index in [9.17, 15) is 0 Å². The van der Waals surface area contributed by atoms with E-state index in [0.717, 1.165) is 19.5 Å². The smallest absolute Gasteiger partial charge is 0.0372 e. The number of nitrogens with one attached hydrogen (secondary N) is 2. The summed E-state index contributed by atoms with van der Waals surface area (Å²) in [5.74, 6) is 0. The molecule has 0 fully saturated rings. The number of aryl methyl sites for hydroxylation is 2. The number of hydrogen-bond acceptors (Lipinski definition) is 2. The van der Waals surface area contributed by atoms with Crippen LogP contribution in [0.2, 0.25) is 0 Å². The van der Waals surface area contributed by atoms with E-state index in [1.165, 1.54) is 22.4 Å². The topological polar surface area (TPSA) is 24.1 Å². The van der Waals surface area contributed by atoms with Gasteiger partial charge in [-0.05, 0) is 43.0 Å². The van der Waals surface area contributed by atoms with Gasteiger partial charge < -0.3 is 10.6 Å². The van der Waals surface area contributed by atoms with Crippen LogP contribution in [0.3, 0.4) is 0 Å². The third-order valence-electron chi connectivity index (χ3n) is 3.83. The van der Waals surface area contributed by atoms with Crippen molar-refractivity contribution in [2.45, 2.75) is 33.2 Å². The van der Waals surface area contributed by atoms with Gasteiger partial charge >= 0.3 is 0 Å². The average Bonchev–Trinajstić information content (AvgIpc) is 2.51. The largest absolute Gasteiger partial charge is 0.384 e. The Bertz CT molecular complexity index is 549. The van der Waals surface area contributed by atoms with E-state index in [0.29, 0.717) is 6.04 Å². The second-order valence-corrected chi connectivity index (χ2v) is 5.57. The molecule has 0 bridgehead atoms. The number of hydrogen-bond donors (Lipinski definition) is 2. The highest BCUT2D eigenvalue weighted by molar-refractivity contribution is 5.52. The summed E-state index contributed by atoms with van der Waals surface area (Å²) in [6, 6.07) is 17.6. The molecule has 0 aliphatic rings. The van der Waals surface area contributed by atoms with Crippen LogP contribution < -0.4 is 10.6 Å². The molecule has 112 valence electrons. The Morgan fingerprint density at radius 1 is 0.952 bits per heavy atom. The predicted octanol–water partition coefficient (Wildman–Crippen LogP) is 4.46. The van der Waals surface area contributed by atoms with Gasteiger partial charge in [0, 0.05) is 24.8 Å². The van der Waals surface area contributed by atoms with Crippen molar-refractivity contribution in [1.29, 1.82) is 0 Å². The Kier molecular flexibility index (Phi) is 5.82. The summed E-state index contributed by atoms with van der Waals surface area (Å²) in [5.41, 5.74) is 5.21. The molecule has 0 amide bonds. The molecule has 1 atom stereocenters. The fraction of sp³-hybridized carbons (Fsp3) is 0.368. The van der Waals surface area contributed by atoms with Crippen molar-refractivity contribution in [2.75, 3.05) is 18.4 Å². The normalized spacial score (nSPS) is 12.1. The highest BCUT2D eigenvalue weighted by Crippen LogP contribution is 2.17. The summed E-state index contributed by atoms with van der Waals surface area (Å²) >= 11 is 0. The summed E-state index contributed by atoms with van der Waals surface area (Å²) in [5, 5.41) is 7.15. The van der Waals surface area contributed by atoms with Crippen LogP contribution in [0.5, 0.6) is 0 Å². The summed E-state index contributed by atoms with van der Waals surface area (Å²) in [4.78, 5) is 0. The highest BCUT2D eigenvalue weighted by atomic mass is 15.0. The third-order valence-corrected chi connectivity index (χ3v) is 3.83. The molecule has 0 aliphatic heterocycles. The van der Waals surface area contributed by atoms with Crippen molar-refractivity contribution in [3.05, 3.63) is 65.2 Å². The Balaban J connectivity index is 1.82. The van der Waals surface area contributed by atoms with Crippen molar-refractivity contribution in [3.8, 4) is 0 Å². The fourth-order valence-corrected chi connectivity index (χ4v) is 2.55. The zero-order valence-electron chi connectivity index (χ0n) is 13.3. The molecule has 2 aromatic rings. The van der Waals surface area contributed by atoms with Crippen molar-refractivity contribution < 1.29 is 0 Å². The first-order chi connectivity index (χ1) is 10.2. The molecule has 0 spiro atoms. The quantitative estimate of drug-likeness (QED) is 0.733. The molecule has 2 nitrogen and oxygen atoms in total. The van der Waals surface area contributed by atoms with Gasteiger partial charge in [0.2, 0.25) is 0 Å². The second kappa shape index (κ2) is 7.84. The maximum Gasteiger partial charge on any atom is 0.0372 e. The fourth-order valence-electron chi connectivity index (χ4n) is 2.55. The molecule has 2 N–H and O–H groups in total.